The minimum atomic E-state index is -0.811. The molecule has 5 rings (SSSR count). The normalized spacial score (nSPS) is 57.1. The molecule has 0 radical (unpaired) electrons. The van der Waals surface area contributed by atoms with E-state index in [2.05, 4.69) is 41.5 Å². The van der Waals surface area contributed by atoms with Gasteiger partial charge in [-0.3, -0.25) is 0 Å². The summed E-state index contributed by atoms with van der Waals surface area (Å²) in [7, 11) is 0. The highest BCUT2D eigenvalue weighted by Crippen LogP contribution is 2.76. The van der Waals surface area contributed by atoms with Gasteiger partial charge in [0.05, 0.1) is 29.5 Å². The molecule has 3 N–H and O–H groups in total. The molecule has 4 nitrogen and oxygen atoms in total. The zero-order valence-electron chi connectivity index (χ0n) is 23.2. The van der Waals surface area contributed by atoms with Gasteiger partial charge in [0.25, 0.3) is 0 Å². The molecule has 1 saturated heterocycles. The van der Waals surface area contributed by atoms with E-state index >= 15 is 0 Å². The van der Waals surface area contributed by atoms with Gasteiger partial charge in [-0.05, 0) is 124 Å². The van der Waals surface area contributed by atoms with Crippen molar-refractivity contribution in [2.45, 2.75) is 143 Å². The maximum absolute atomic E-state index is 12.0. The summed E-state index contributed by atoms with van der Waals surface area (Å²) in [5.74, 6) is 1.63. The first-order valence-corrected chi connectivity index (χ1v) is 14.3. The van der Waals surface area contributed by atoms with Gasteiger partial charge in [-0.2, -0.15) is 0 Å². The minimum absolute atomic E-state index is 0.0704. The van der Waals surface area contributed by atoms with Crippen LogP contribution in [0.15, 0.2) is 0 Å². The Labute approximate surface area is 208 Å². The van der Waals surface area contributed by atoms with E-state index in [1.165, 1.54) is 6.42 Å². The molecule has 0 bridgehead atoms. The van der Waals surface area contributed by atoms with Crippen molar-refractivity contribution in [1.82, 2.24) is 0 Å². The van der Waals surface area contributed by atoms with E-state index in [1.807, 2.05) is 13.8 Å². The van der Waals surface area contributed by atoms with Gasteiger partial charge in [-0.15, -0.1) is 0 Å². The summed E-state index contributed by atoms with van der Waals surface area (Å²) in [6.07, 6.45) is 8.71. The van der Waals surface area contributed by atoms with E-state index < -0.39 is 5.60 Å². The Hall–Kier alpha value is -0.160. The highest BCUT2D eigenvalue weighted by molar-refractivity contribution is 5.20. The Kier molecular flexibility index (Phi) is 5.59. The highest BCUT2D eigenvalue weighted by atomic mass is 16.5. The second-order valence-electron chi connectivity index (χ2n) is 15.5. The zero-order valence-corrected chi connectivity index (χ0v) is 23.2. The summed E-state index contributed by atoms with van der Waals surface area (Å²) < 4.78 is 6.68. The Morgan fingerprint density at radius 3 is 2.03 bits per heavy atom. The molecule has 4 saturated carbocycles. The molecule has 0 aromatic rings. The molecule has 4 aliphatic carbocycles. The van der Waals surface area contributed by atoms with Crippen molar-refractivity contribution in [2.24, 2.45) is 45.3 Å². The van der Waals surface area contributed by atoms with Crippen LogP contribution in [0.1, 0.15) is 113 Å². The molecule has 5 aliphatic rings. The Morgan fingerprint density at radius 1 is 0.765 bits per heavy atom. The Bertz CT molecular complexity index is 817. The Morgan fingerprint density at radius 2 is 1.41 bits per heavy atom. The third kappa shape index (κ3) is 3.16. The van der Waals surface area contributed by atoms with Crippen LogP contribution in [0.2, 0.25) is 0 Å². The predicted molar refractivity (Wildman–Crippen MR) is 135 cm³/mol. The molecular weight excluding hydrogens is 424 g/mol. The minimum Gasteiger partial charge on any atom is -0.393 e. The first-order chi connectivity index (χ1) is 15.5. The number of aliphatic hydroxyl groups excluding tert-OH is 2. The van der Waals surface area contributed by atoms with Crippen LogP contribution in [0.4, 0.5) is 0 Å². The predicted octanol–water partition coefficient (Wildman–Crippen LogP) is 5.71. The van der Waals surface area contributed by atoms with Gasteiger partial charge in [-0.1, -0.05) is 34.6 Å². The summed E-state index contributed by atoms with van der Waals surface area (Å²) in [6.45, 7) is 18.1. The monoisotopic (exact) mass is 476 g/mol. The van der Waals surface area contributed by atoms with Crippen molar-refractivity contribution in [2.75, 3.05) is 0 Å². The van der Waals surface area contributed by atoms with E-state index in [-0.39, 0.29) is 51.5 Å². The average molecular weight is 477 g/mol. The van der Waals surface area contributed by atoms with Gasteiger partial charge in [0.1, 0.15) is 0 Å². The number of fused-ring (bicyclic) bond motifs is 5. The van der Waals surface area contributed by atoms with E-state index in [1.54, 1.807) is 0 Å². The SMILES string of the molecule is CC(C)(O)[C@@H]1CC[C@](C)([C@H]2CC[C@]3(C)[C@@H]2C[C@@H](O)[C@H]2[C@@]4(C)CC[C@H](O)C(C)(C)[C@H]4CC[C@]23C)O1. The molecule has 11 atom stereocenters. The highest BCUT2D eigenvalue weighted by Gasteiger charge is 2.72. The number of aliphatic hydroxyl groups is 3. The summed E-state index contributed by atoms with van der Waals surface area (Å²) in [5, 5.41) is 33.5. The lowest BCUT2D eigenvalue weighted by molar-refractivity contribution is -0.257. The summed E-state index contributed by atoms with van der Waals surface area (Å²) >= 11 is 0. The topological polar surface area (TPSA) is 69.9 Å². The number of hydrogen-bond donors (Lipinski definition) is 3. The van der Waals surface area contributed by atoms with Crippen molar-refractivity contribution >= 4 is 0 Å². The van der Waals surface area contributed by atoms with Crippen LogP contribution >= 0.6 is 0 Å². The molecule has 196 valence electrons. The molecule has 4 heteroatoms. The average Bonchev–Trinajstić information content (AvgIpc) is 3.27. The van der Waals surface area contributed by atoms with Crippen LogP contribution < -0.4 is 0 Å². The molecule has 0 spiro atoms. The third-order valence-electron chi connectivity index (χ3n) is 13.2. The smallest absolute Gasteiger partial charge is 0.0865 e. The molecule has 0 unspecified atom stereocenters. The van der Waals surface area contributed by atoms with Crippen LogP contribution in [0.3, 0.4) is 0 Å². The number of rotatable bonds is 2. The van der Waals surface area contributed by atoms with Crippen LogP contribution in [0, 0.1) is 45.3 Å². The van der Waals surface area contributed by atoms with E-state index in [0.717, 1.165) is 51.4 Å². The van der Waals surface area contributed by atoms with E-state index in [0.29, 0.717) is 17.8 Å². The fourth-order valence-electron chi connectivity index (χ4n) is 11.2. The van der Waals surface area contributed by atoms with Gasteiger partial charge in [0, 0.05) is 0 Å². The van der Waals surface area contributed by atoms with Crippen molar-refractivity contribution in [3.63, 3.8) is 0 Å². The van der Waals surface area contributed by atoms with Gasteiger partial charge in [0.2, 0.25) is 0 Å². The molecule has 1 aliphatic heterocycles. The molecule has 0 amide bonds. The fraction of sp³-hybridized carbons (Fsp3) is 1.00. The molecule has 5 fully saturated rings. The van der Waals surface area contributed by atoms with Crippen LogP contribution in [0.5, 0.6) is 0 Å². The number of ether oxygens (including phenoxy) is 1. The lowest BCUT2D eigenvalue weighted by Crippen LogP contribution is -2.67. The van der Waals surface area contributed by atoms with Gasteiger partial charge >= 0.3 is 0 Å². The standard InChI is InChI=1S/C30H52O4/c1-25(2)21-10-15-29(7)24(27(21,5)13-11-22(25)32)20(31)17-19-18(9-14-28(19,29)6)30(8)16-12-23(34-30)26(3,4)33/h18-24,31-33H,9-17H2,1-8H3/t18-,19+,20+,21+,22-,23-,24-,27-,28+,29+,30+/m0/s1. The van der Waals surface area contributed by atoms with Crippen molar-refractivity contribution in [3.8, 4) is 0 Å². The van der Waals surface area contributed by atoms with Crippen molar-refractivity contribution < 1.29 is 20.1 Å². The fourth-order valence-corrected chi connectivity index (χ4v) is 11.2. The Balaban J connectivity index is 1.48. The van der Waals surface area contributed by atoms with Crippen molar-refractivity contribution in [1.29, 1.82) is 0 Å². The second-order valence-corrected chi connectivity index (χ2v) is 15.5. The largest absolute Gasteiger partial charge is 0.393 e. The third-order valence-corrected chi connectivity index (χ3v) is 13.2. The first kappa shape index (κ1) is 25.5. The van der Waals surface area contributed by atoms with Crippen molar-refractivity contribution in [3.05, 3.63) is 0 Å². The maximum Gasteiger partial charge on any atom is 0.0865 e. The van der Waals surface area contributed by atoms with Crippen LogP contribution in [-0.2, 0) is 4.74 Å². The zero-order chi connectivity index (χ0) is 25.1. The first-order valence-electron chi connectivity index (χ1n) is 14.3. The molecular formula is C30H52O4. The van der Waals surface area contributed by atoms with Gasteiger partial charge in [-0.25, -0.2) is 0 Å². The van der Waals surface area contributed by atoms with Crippen LogP contribution in [0.25, 0.3) is 0 Å². The maximum atomic E-state index is 12.0. The van der Waals surface area contributed by atoms with Gasteiger partial charge < -0.3 is 20.1 Å². The van der Waals surface area contributed by atoms with Crippen LogP contribution in [-0.4, -0.2) is 44.8 Å². The summed E-state index contributed by atoms with van der Waals surface area (Å²) in [5.41, 5.74) is -0.766. The lowest BCUT2D eigenvalue weighted by atomic mass is 9.35. The van der Waals surface area contributed by atoms with Gasteiger partial charge in [0.15, 0.2) is 0 Å². The molecule has 34 heavy (non-hydrogen) atoms. The molecule has 0 aromatic carbocycles. The second kappa shape index (κ2) is 7.45. The van der Waals surface area contributed by atoms with E-state index in [9.17, 15) is 15.3 Å². The quantitative estimate of drug-likeness (QED) is 0.477. The summed E-state index contributed by atoms with van der Waals surface area (Å²) in [4.78, 5) is 0. The summed E-state index contributed by atoms with van der Waals surface area (Å²) in [6, 6.07) is 0. The van der Waals surface area contributed by atoms with E-state index in [4.69, 9.17) is 4.74 Å². The molecule has 1 heterocycles. The number of hydrogen-bond acceptors (Lipinski definition) is 4. The molecule has 0 aromatic heterocycles. The lowest BCUT2D eigenvalue weighted by Gasteiger charge is -2.70.